The Labute approximate surface area is 180 Å². The summed E-state index contributed by atoms with van der Waals surface area (Å²) in [7, 11) is 0. The van der Waals surface area contributed by atoms with Crippen molar-refractivity contribution < 1.29 is 9.90 Å². The van der Waals surface area contributed by atoms with Crippen LogP contribution in [0.25, 0.3) is 0 Å². The smallest absolute Gasteiger partial charge is 0.303 e. The van der Waals surface area contributed by atoms with Crippen molar-refractivity contribution in [3.63, 3.8) is 0 Å². The normalized spacial score (nSPS) is 11.0. The first-order chi connectivity index (χ1) is 14.3. The molecule has 1 aromatic rings. The third kappa shape index (κ3) is 18.5. The van der Waals surface area contributed by atoms with Gasteiger partial charge in [-0.05, 0) is 24.8 Å². The van der Waals surface area contributed by atoms with Crippen molar-refractivity contribution in [3.05, 3.63) is 35.9 Å². The van der Waals surface area contributed by atoms with Gasteiger partial charge in [0.1, 0.15) is 0 Å². The van der Waals surface area contributed by atoms with Crippen molar-refractivity contribution in [1.82, 2.24) is 0 Å². The molecule has 2 heteroatoms. The molecule has 0 bridgehead atoms. The van der Waals surface area contributed by atoms with E-state index < -0.39 is 5.97 Å². The Bertz CT molecular complexity index is 469. The molecular formula is C27H46O2. The summed E-state index contributed by atoms with van der Waals surface area (Å²) in [5, 5.41) is 8.59. The highest BCUT2D eigenvalue weighted by molar-refractivity contribution is 5.66. The second kappa shape index (κ2) is 20.0. The number of carboxylic acids is 1. The standard InChI is InChI=1S/C27H46O2/c28-27(29)25-21-16-14-12-10-8-6-4-2-1-3-5-7-9-11-13-15-18-22-26-23-19-17-20-24-26/h17,19-20,23-24H,1-16,18,21-22,25H2,(H,28,29). The van der Waals surface area contributed by atoms with Crippen LogP contribution in [0.2, 0.25) is 0 Å². The molecule has 0 saturated heterocycles. The van der Waals surface area contributed by atoms with Gasteiger partial charge in [0, 0.05) is 6.42 Å². The number of rotatable bonds is 21. The molecule has 166 valence electrons. The summed E-state index contributed by atoms with van der Waals surface area (Å²) >= 11 is 0. The molecule has 0 aliphatic rings. The largest absolute Gasteiger partial charge is 0.481 e. The van der Waals surface area contributed by atoms with E-state index >= 15 is 0 Å². The zero-order valence-corrected chi connectivity index (χ0v) is 18.9. The highest BCUT2D eigenvalue weighted by atomic mass is 16.4. The number of hydrogen-bond donors (Lipinski definition) is 1. The van der Waals surface area contributed by atoms with Crippen LogP contribution in [-0.4, -0.2) is 11.1 Å². The van der Waals surface area contributed by atoms with E-state index in [9.17, 15) is 4.79 Å². The summed E-state index contributed by atoms with van der Waals surface area (Å²) in [4.78, 5) is 10.4. The van der Waals surface area contributed by atoms with Crippen LogP contribution in [0.5, 0.6) is 0 Å². The van der Waals surface area contributed by atoms with Gasteiger partial charge in [-0.25, -0.2) is 0 Å². The highest BCUT2D eigenvalue weighted by Gasteiger charge is 1.97. The average molecular weight is 403 g/mol. The number of carboxylic acid groups (broad SMARTS) is 1. The summed E-state index contributed by atoms with van der Waals surface area (Å²) in [6.45, 7) is 0. The van der Waals surface area contributed by atoms with Gasteiger partial charge in [-0.15, -0.1) is 0 Å². The lowest BCUT2D eigenvalue weighted by Crippen LogP contribution is -1.93. The molecule has 0 aliphatic heterocycles. The molecule has 0 atom stereocenters. The maximum atomic E-state index is 10.4. The van der Waals surface area contributed by atoms with Crippen LogP contribution < -0.4 is 0 Å². The number of aryl methyl sites for hydroxylation is 1. The summed E-state index contributed by atoms with van der Waals surface area (Å²) in [5.74, 6) is -0.653. The monoisotopic (exact) mass is 402 g/mol. The van der Waals surface area contributed by atoms with Gasteiger partial charge in [-0.2, -0.15) is 0 Å². The average Bonchev–Trinajstić information content (AvgIpc) is 2.73. The lowest BCUT2D eigenvalue weighted by molar-refractivity contribution is -0.137. The van der Waals surface area contributed by atoms with Crippen molar-refractivity contribution in [2.75, 3.05) is 0 Å². The van der Waals surface area contributed by atoms with Crippen molar-refractivity contribution in [1.29, 1.82) is 0 Å². The van der Waals surface area contributed by atoms with Crippen LogP contribution in [0.1, 0.15) is 128 Å². The van der Waals surface area contributed by atoms with Gasteiger partial charge in [0.2, 0.25) is 0 Å². The lowest BCUT2D eigenvalue weighted by Gasteiger charge is -2.04. The first-order valence-electron chi connectivity index (χ1n) is 12.5. The maximum Gasteiger partial charge on any atom is 0.303 e. The number of carbonyl (C=O) groups is 1. The molecule has 1 aromatic carbocycles. The summed E-state index contributed by atoms with van der Waals surface area (Å²) in [5.41, 5.74) is 1.49. The zero-order valence-electron chi connectivity index (χ0n) is 18.9. The van der Waals surface area contributed by atoms with Crippen molar-refractivity contribution in [2.45, 2.75) is 128 Å². The van der Waals surface area contributed by atoms with E-state index in [0.29, 0.717) is 6.42 Å². The molecule has 2 nitrogen and oxygen atoms in total. The molecule has 0 saturated carbocycles. The van der Waals surface area contributed by atoms with Gasteiger partial charge in [-0.3, -0.25) is 4.79 Å². The summed E-state index contributed by atoms with van der Waals surface area (Å²) < 4.78 is 0. The number of aliphatic carboxylic acids is 1. The summed E-state index contributed by atoms with van der Waals surface area (Å²) in [6, 6.07) is 10.9. The maximum absolute atomic E-state index is 10.4. The molecule has 1 rings (SSSR count). The Kier molecular flexibility index (Phi) is 17.7. The topological polar surface area (TPSA) is 37.3 Å². The Balaban J connectivity index is 1.67. The quantitative estimate of drug-likeness (QED) is 0.209. The fraction of sp³-hybridized carbons (Fsp3) is 0.741. The van der Waals surface area contributed by atoms with E-state index in [-0.39, 0.29) is 0 Å². The fourth-order valence-electron chi connectivity index (χ4n) is 4.08. The fourth-order valence-corrected chi connectivity index (χ4v) is 4.08. The minimum atomic E-state index is -0.653. The van der Waals surface area contributed by atoms with Crippen molar-refractivity contribution in [2.24, 2.45) is 0 Å². The van der Waals surface area contributed by atoms with E-state index in [1.54, 1.807) is 0 Å². The van der Waals surface area contributed by atoms with Crippen LogP contribution in [0.4, 0.5) is 0 Å². The first-order valence-corrected chi connectivity index (χ1v) is 12.5. The van der Waals surface area contributed by atoms with E-state index in [4.69, 9.17) is 5.11 Å². The number of hydrogen-bond acceptors (Lipinski definition) is 1. The molecule has 0 fully saturated rings. The van der Waals surface area contributed by atoms with Gasteiger partial charge in [0.15, 0.2) is 0 Å². The lowest BCUT2D eigenvalue weighted by atomic mass is 10.0. The SMILES string of the molecule is O=C(O)CCCCCCCCCCCCCCCCCCCCc1ccccc1. The highest BCUT2D eigenvalue weighted by Crippen LogP contribution is 2.15. The van der Waals surface area contributed by atoms with Crippen LogP contribution in [0.15, 0.2) is 30.3 Å². The second-order valence-electron chi connectivity index (χ2n) is 8.74. The minimum Gasteiger partial charge on any atom is -0.481 e. The third-order valence-electron chi connectivity index (χ3n) is 5.95. The molecule has 1 N–H and O–H groups in total. The number of benzene rings is 1. The van der Waals surface area contributed by atoms with E-state index in [1.165, 1.54) is 115 Å². The predicted molar refractivity (Wildman–Crippen MR) is 126 cm³/mol. The van der Waals surface area contributed by atoms with Crippen LogP contribution >= 0.6 is 0 Å². The Morgan fingerprint density at radius 1 is 0.517 bits per heavy atom. The molecule has 0 amide bonds. The van der Waals surface area contributed by atoms with Crippen LogP contribution in [0, 0.1) is 0 Å². The molecule has 0 radical (unpaired) electrons. The molecule has 0 unspecified atom stereocenters. The van der Waals surface area contributed by atoms with Crippen molar-refractivity contribution >= 4 is 5.97 Å². The van der Waals surface area contributed by atoms with Gasteiger partial charge >= 0.3 is 5.97 Å². The van der Waals surface area contributed by atoms with Crippen LogP contribution in [-0.2, 0) is 11.2 Å². The zero-order chi connectivity index (χ0) is 20.8. The molecule has 0 aliphatic carbocycles. The summed E-state index contributed by atoms with van der Waals surface area (Å²) in [6.07, 6.45) is 25.6. The van der Waals surface area contributed by atoms with Gasteiger partial charge in [0.05, 0.1) is 0 Å². The molecule has 0 aromatic heterocycles. The first kappa shape index (κ1) is 25.7. The Hall–Kier alpha value is -1.31. The third-order valence-corrected chi connectivity index (χ3v) is 5.95. The van der Waals surface area contributed by atoms with Crippen molar-refractivity contribution in [3.8, 4) is 0 Å². The molecule has 29 heavy (non-hydrogen) atoms. The molecule has 0 spiro atoms. The minimum absolute atomic E-state index is 0.342. The Morgan fingerprint density at radius 2 is 0.862 bits per heavy atom. The van der Waals surface area contributed by atoms with Crippen LogP contribution in [0.3, 0.4) is 0 Å². The van der Waals surface area contributed by atoms with E-state index in [2.05, 4.69) is 30.3 Å². The van der Waals surface area contributed by atoms with Gasteiger partial charge in [-0.1, -0.05) is 133 Å². The van der Waals surface area contributed by atoms with E-state index in [1.807, 2.05) is 0 Å². The molecule has 0 heterocycles. The number of unbranched alkanes of at least 4 members (excludes halogenated alkanes) is 17. The second-order valence-corrected chi connectivity index (χ2v) is 8.74. The Morgan fingerprint density at radius 3 is 1.24 bits per heavy atom. The van der Waals surface area contributed by atoms with E-state index in [0.717, 1.165) is 12.8 Å². The van der Waals surface area contributed by atoms with Gasteiger partial charge in [0.25, 0.3) is 0 Å². The van der Waals surface area contributed by atoms with Gasteiger partial charge < -0.3 is 5.11 Å². The molecular weight excluding hydrogens is 356 g/mol. The predicted octanol–water partition coefficient (Wildman–Crippen LogP) is 8.73.